The summed E-state index contributed by atoms with van der Waals surface area (Å²) < 4.78 is 0. The number of fused-ring (bicyclic) bond motifs is 1. The Morgan fingerprint density at radius 1 is 1.00 bits per heavy atom. The van der Waals surface area contributed by atoms with Crippen molar-refractivity contribution in [3.8, 4) is 0 Å². The van der Waals surface area contributed by atoms with Crippen LogP contribution >= 0.6 is 15.9 Å². The monoisotopic (exact) mass is 306 g/mol. The van der Waals surface area contributed by atoms with Gasteiger partial charge in [-0.3, -0.25) is 0 Å². The fraction of sp³-hybridized carbons (Fsp3) is 0.647. The van der Waals surface area contributed by atoms with Gasteiger partial charge in [0.15, 0.2) is 0 Å². The molecular weight excluding hydrogens is 284 g/mol. The molecule has 0 heterocycles. The van der Waals surface area contributed by atoms with E-state index >= 15 is 0 Å². The molecule has 1 aromatic carbocycles. The van der Waals surface area contributed by atoms with Gasteiger partial charge in [0.05, 0.1) is 0 Å². The molecule has 0 nitrogen and oxygen atoms in total. The normalized spacial score (nSPS) is 31.9. The molecule has 0 spiro atoms. The Kier molecular flexibility index (Phi) is 3.30. The summed E-state index contributed by atoms with van der Waals surface area (Å²) >= 11 is 4.03. The van der Waals surface area contributed by atoms with Crippen molar-refractivity contribution in [2.24, 2.45) is 17.8 Å². The van der Waals surface area contributed by atoms with Crippen LogP contribution in [0.5, 0.6) is 0 Å². The number of aryl methyl sites for hydroxylation is 3. The number of hydrogen-bond acceptors (Lipinski definition) is 0. The molecule has 18 heavy (non-hydrogen) atoms. The first-order chi connectivity index (χ1) is 8.59. The van der Waals surface area contributed by atoms with Gasteiger partial charge in [-0.1, -0.05) is 46.5 Å². The molecule has 3 rings (SSSR count). The lowest BCUT2D eigenvalue weighted by Crippen LogP contribution is -2.02. The zero-order valence-corrected chi connectivity index (χ0v) is 13.3. The first-order valence-corrected chi connectivity index (χ1v) is 8.23. The summed E-state index contributed by atoms with van der Waals surface area (Å²) in [7, 11) is 0. The molecule has 0 amide bonds. The predicted molar refractivity (Wildman–Crippen MR) is 81.3 cm³/mol. The number of benzene rings is 1. The van der Waals surface area contributed by atoms with E-state index in [1.165, 1.54) is 42.4 Å². The molecule has 0 bridgehead atoms. The fourth-order valence-corrected chi connectivity index (χ4v) is 5.81. The highest BCUT2D eigenvalue weighted by Crippen LogP contribution is 2.63. The second-order valence-corrected chi connectivity index (χ2v) is 7.39. The van der Waals surface area contributed by atoms with Gasteiger partial charge in [-0.15, -0.1) is 0 Å². The van der Waals surface area contributed by atoms with Gasteiger partial charge in [0, 0.05) is 4.83 Å². The smallest absolute Gasteiger partial charge is 0.0434 e. The summed E-state index contributed by atoms with van der Waals surface area (Å²) in [5.74, 6) is 2.94. The van der Waals surface area contributed by atoms with Gasteiger partial charge in [0.2, 0.25) is 0 Å². The third-order valence-electron chi connectivity index (χ3n) is 5.07. The molecule has 0 saturated heterocycles. The van der Waals surface area contributed by atoms with Crippen LogP contribution in [0.3, 0.4) is 0 Å². The van der Waals surface area contributed by atoms with E-state index in [0.29, 0.717) is 4.83 Å². The Morgan fingerprint density at radius 2 is 1.50 bits per heavy atom. The second kappa shape index (κ2) is 4.67. The van der Waals surface area contributed by atoms with Crippen molar-refractivity contribution in [1.82, 2.24) is 0 Å². The molecule has 2 aliphatic rings. The molecule has 2 fully saturated rings. The van der Waals surface area contributed by atoms with Crippen LogP contribution < -0.4 is 0 Å². The molecular formula is C17H23Br. The van der Waals surface area contributed by atoms with Gasteiger partial charge >= 0.3 is 0 Å². The summed E-state index contributed by atoms with van der Waals surface area (Å²) in [6.45, 7) is 6.75. The Morgan fingerprint density at radius 3 is 2.00 bits per heavy atom. The van der Waals surface area contributed by atoms with Gasteiger partial charge in [-0.2, -0.15) is 0 Å². The Labute approximate surface area is 119 Å². The zero-order chi connectivity index (χ0) is 12.9. The molecule has 1 heteroatoms. The van der Waals surface area contributed by atoms with Crippen molar-refractivity contribution in [1.29, 1.82) is 0 Å². The predicted octanol–water partition coefficient (Wildman–Crippen LogP) is 5.48. The highest BCUT2D eigenvalue weighted by Gasteiger charge is 2.54. The maximum absolute atomic E-state index is 4.03. The average Bonchev–Trinajstić information content (AvgIpc) is 3.01. The van der Waals surface area contributed by atoms with E-state index < -0.39 is 0 Å². The van der Waals surface area contributed by atoms with Crippen LogP contribution in [-0.2, 0) is 0 Å². The Balaban J connectivity index is 1.87. The first kappa shape index (κ1) is 12.7. The fourth-order valence-electron chi connectivity index (χ4n) is 4.30. The van der Waals surface area contributed by atoms with Crippen molar-refractivity contribution in [3.63, 3.8) is 0 Å². The quantitative estimate of drug-likeness (QED) is 0.634. The standard InChI is InChI=1S/C17H23Br/c1-10-8-11(2)15(12(3)9-10)17(18)16-13-6-4-5-7-14(13)16/h8-9,13-14,16-17H,4-7H2,1-3H3. The van der Waals surface area contributed by atoms with Crippen molar-refractivity contribution in [2.45, 2.75) is 51.3 Å². The second-order valence-electron chi connectivity index (χ2n) is 6.40. The lowest BCUT2D eigenvalue weighted by Gasteiger charge is -2.17. The van der Waals surface area contributed by atoms with E-state index in [-0.39, 0.29) is 0 Å². The molecule has 0 radical (unpaired) electrons. The topological polar surface area (TPSA) is 0 Å². The van der Waals surface area contributed by atoms with Gasteiger partial charge in [-0.05, 0) is 68.1 Å². The van der Waals surface area contributed by atoms with E-state index in [0.717, 1.165) is 17.8 Å². The van der Waals surface area contributed by atoms with E-state index in [1.807, 2.05) is 0 Å². The SMILES string of the molecule is Cc1cc(C)c(C(Br)C2C3CCCCC32)c(C)c1. The van der Waals surface area contributed by atoms with Gasteiger partial charge in [0.1, 0.15) is 0 Å². The summed E-state index contributed by atoms with van der Waals surface area (Å²) in [4.78, 5) is 0.589. The number of halogens is 1. The summed E-state index contributed by atoms with van der Waals surface area (Å²) in [6.07, 6.45) is 5.87. The van der Waals surface area contributed by atoms with Crippen LogP contribution in [0.2, 0.25) is 0 Å². The zero-order valence-electron chi connectivity index (χ0n) is 11.7. The van der Waals surface area contributed by atoms with Gasteiger partial charge < -0.3 is 0 Å². The minimum atomic E-state index is 0.589. The summed E-state index contributed by atoms with van der Waals surface area (Å²) in [5, 5.41) is 0. The van der Waals surface area contributed by atoms with Crippen LogP contribution in [0, 0.1) is 38.5 Å². The average molecular weight is 307 g/mol. The Hall–Kier alpha value is -0.300. The summed E-state index contributed by atoms with van der Waals surface area (Å²) in [6, 6.07) is 4.67. The van der Waals surface area contributed by atoms with E-state index in [2.05, 4.69) is 48.8 Å². The molecule has 2 aliphatic carbocycles. The van der Waals surface area contributed by atoms with Crippen molar-refractivity contribution in [2.75, 3.05) is 0 Å². The molecule has 0 aliphatic heterocycles. The minimum absolute atomic E-state index is 0.589. The number of alkyl halides is 1. The lowest BCUT2D eigenvalue weighted by molar-refractivity contribution is 0.480. The number of hydrogen-bond donors (Lipinski definition) is 0. The molecule has 3 unspecified atom stereocenters. The minimum Gasteiger partial charge on any atom is -0.0835 e. The maximum atomic E-state index is 4.03. The number of rotatable bonds is 2. The molecule has 2 saturated carbocycles. The highest BCUT2D eigenvalue weighted by atomic mass is 79.9. The van der Waals surface area contributed by atoms with Gasteiger partial charge in [-0.25, -0.2) is 0 Å². The van der Waals surface area contributed by atoms with Crippen LogP contribution in [0.15, 0.2) is 12.1 Å². The van der Waals surface area contributed by atoms with Crippen molar-refractivity contribution in [3.05, 3.63) is 34.4 Å². The third-order valence-corrected chi connectivity index (χ3v) is 6.14. The molecule has 0 N–H and O–H groups in total. The molecule has 1 aromatic rings. The van der Waals surface area contributed by atoms with E-state index in [1.54, 1.807) is 5.56 Å². The van der Waals surface area contributed by atoms with Crippen molar-refractivity contribution >= 4 is 15.9 Å². The largest absolute Gasteiger partial charge is 0.0835 e. The summed E-state index contributed by atoms with van der Waals surface area (Å²) in [5.41, 5.74) is 5.90. The first-order valence-electron chi connectivity index (χ1n) is 7.31. The molecule has 98 valence electrons. The maximum Gasteiger partial charge on any atom is 0.0434 e. The van der Waals surface area contributed by atoms with E-state index in [9.17, 15) is 0 Å². The Bertz CT molecular complexity index is 428. The third kappa shape index (κ3) is 2.05. The lowest BCUT2D eigenvalue weighted by atomic mass is 9.94. The molecule has 3 atom stereocenters. The van der Waals surface area contributed by atoms with E-state index in [4.69, 9.17) is 0 Å². The van der Waals surface area contributed by atoms with Crippen LogP contribution in [0.4, 0.5) is 0 Å². The van der Waals surface area contributed by atoms with Crippen LogP contribution in [0.25, 0.3) is 0 Å². The van der Waals surface area contributed by atoms with Crippen LogP contribution in [0.1, 0.15) is 52.8 Å². The van der Waals surface area contributed by atoms with Crippen LogP contribution in [-0.4, -0.2) is 0 Å². The van der Waals surface area contributed by atoms with Crippen molar-refractivity contribution < 1.29 is 0 Å². The molecule has 0 aromatic heterocycles. The van der Waals surface area contributed by atoms with Gasteiger partial charge in [0.25, 0.3) is 0 Å². The highest BCUT2D eigenvalue weighted by molar-refractivity contribution is 9.09.